The lowest BCUT2D eigenvalue weighted by Crippen LogP contribution is -1.92. The fourth-order valence-electron chi connectivity index (χ4n) is 2.95. The van der Waals surface area contributed by atoms with Gasteiger partial charge in [-0.05, 0) is 12.1 Å². The number of hydrogen-bond acceptors (Lipinski definition) is 8. The third kappa shape index (κ3) is 3.63. The van der Waals surface area contributed by atoms with Crippen molar-refractivity contribution in [2.75, 3.05) is 18.1 Å². The minimum Gasteiger partial charge on any atom is -0.382 e. The molecule has 0 aliphatic heterocycles. The van der Waals surface area contributed by atoms with E-state index in [1.54, 1.807) is 42.6 Å². The number of aromatic nitrogens is 4. The van der Waals surface area contributed by atoms with Crippen LogP contribution in [-0.2, 0) is 14.1 Å². The highest BCUT2D eigenvalue weighted by Gasteiger charge is 2.13. The van der Waals surface area contributed by atoms with E-state index in [2.05, 4.69) is 15.5 Å². The number of benzene rings is 2. The Morgan fingerprint density at radius 3 is 1.90 bits per heavy atom. The normalized spacial score (nSPS) is 10.6. The van der Waals surface area contributed by atoms with Gasteiger partial charge in [0.25, 0.3) is 11.4 Å². The summed E-state index contributed by atoms with van der Waals surface area (Å²) < 4.78 is 3.28. The molecule has 2 aromatic heterocycles. The van der Waals surface area contributed by atoms with Crippen molar-refractivity contribution in [3.8, 4) is 0 Å². The van der Waals surface area contributed by atoms with Gasteiger partial charge in [0.05, 0.1) is 31.7 Å². The van der Waals surface area contributed by atoms with Crippen LogP contribution in [0.5, 0.6) is 0 Å². The van der Waals surface area contributed by atoms with Crippen molar-refractivity contribution < 1.29 is 9.85 Å². The Labute approximate surface area is 163 Å². The number of nitrogen functional groups attached to an aromatic ring is 1. The topological polar surface area (TPSA) is 160 Å². The van der Waals surface area contributed by atoms with E-state index < -0.39 is 9.85 Å². The molecule has 4 aromatic rings. The summed E-state index contributed by atoms with van der Waals surface area (Å²) >= 11 is 0. The highest BCUT2D eigenvalue weighted by atomic mass is 16.6. The molecular formula is C17H18N8O4. The largest absolute Gasteiger partial charge is 0.382 e. The van der Waals surface area contributed by atoms with Crippen molar-refractivity contribution in [3.05, 3.63) is 56.6 Å². The second-order valence-corrected chi connectivity index (χ2v) is 6.15. The van der Waals surface area contributed by atoms with Crippen LogP contribution in [0.1, 0.15) is 0 Å². The first-order chi connectivity index (χ1) is 13.7. The Hall–Kier alpha value is -4.22. The summed E-state index contributed by atoms with van der Waals surface area (Å²) in [5, 5.41) is 33.5. The van der Waals surface area contributed by atoms with Gasteiger partial charge in [-0.1, -0.05) is 0 Å². The van der Waals surface area contributed by atoms with Crippen LogP contribution in [0.25, 0.3) is 21.8 Å². The average Bonchev–Trinajstić information content (AvgIpc) is 3.17. The fourth-order valence-corrected chi connectivity index (χ4v) is 2.95. The smallest absolute Gasteiger partial charge is 0.270 e. The summed E-state index contributed by atoms with van der Waals surface area (Å²) in [4.78, 5) is 20.2. The average molecular weight is 398 g/mol. The van der Waals surface area contributed by atoms with Crippen LogP contribution in [0.2, 0.25) is 0 Å². The standard InChI is InChI=1S/C9H10N4O2.C8H8N4O2/c1-10-9-7-5-6(13(14)15)3-4-8(7)12(2)11-9;1-11-7-3-2-5(12(13)14)4-6(7)8(9)10-11/h3-5H,1-2H3,(H,10,11);2-4H,1H3,(H2,9,10). The van der Waals surface area contributed by atoms with Gasteiger partial charge in [-0.25, -0.2) is 0 Å². The maximum atomic E-state index is 10.6. The number of nitro benzene ring substituents is 2. The number of hydrogen-bond donors (Lipinski definition) is 2. The molecule has 0 aliphatic carbocycles. The van der Waals surface area contributed by atoms with Crippen molar-refractivity contribution >= 4 is 44.8 Å². The zero-order valence-electron chi connectivity index (χ0n) is 15.9. The number of nitro groups is 2. The highest BCUT2D eigenvalue weighted by Crippen LogP contribution is 2.26. The molecule has 0 atom stereocenters. The van der Waals surface area contributed by atoms with E-state index in [4.69, 9.17) is 5.73 Å². The van der Waals surface area contributed by atoms with Gasteiger partial charge in [0.1, 0.15) is 0 Å². The van der Waals surface area contributed by atoms with Gasteiger partial charge in [0, 0.05) is 45.4 Å². The van der Waals surface area contributed by atoms with E-state index in [1.165, 1.54) is 24.3 Å². The van der Waals surface area contributed by atoms with Crippen molar-refractivity contribution in [1.82, 2.24) is 19.6 Å². The zero-order valence-corrected chi connectivity index (χ0v) is 15.9. The van der Waals surface area contributed by atoms with Gasteiger partial charge >= 0.3 is 0 Å². The Balaban J connectivity index is 0.000000166. The van der Waals surface area contributed by atoms with Crippen molar-refractivity contribution in [2.45, 2.75) is 0 Å². The van der Waals surface area contributed by atoms with E-state index in [9.17, 15) is 20.2 Å². The fraction of sp³-hybridized carbons (Fsp3) is 0.176. The number of non-ortho nitro benzene ring substituents is 2. The Morgan fingerprint density at radius 2 is 1.38 bits per heavy atom. The van der Waals surface area contributed by atoms with Crippen LogP contribution in [0.4, 0.5) is 23.0 Å². The molecule has 0 bridgehead atoms. The van der Waals surface area contributed by atoms with Crippen LogP contribution in [0, 0.1) is 20.2 Å². The molecule has 0 saturated heterocycles. The third-order valence-electron chi connectivity index (χ3n) is 4.35. The van der Waals surface area contributed by atoms with E-state index in [0.717, 1.165) is 16.4 Å². The van der Waals surface area contributed by atoms with E-state index in [-0.39, 0.29) is 11.4 Å². The van der Waals surface area contributed by atoms with Crippen LogP contribution >= 0.6 is 0 Å². The van der Waals surface area contributed by atoms with Crippen molar-refractivity contribution in [3.63, 3.8) is 0 Å². The first kappa shape index (κ1) is 19.5. The van der Waals surface area contributed by atoms with E-state index in [1.807, 2.05) is 0 Å². The Kier molecular flexibility index (Phi) is 5.00. The summed E-state index contributed by atoms with van der Waals surface area (Å²) in [6.07, 6.45) is 0. The van der Waals surface area contributed by atoms with Crippen molar-refractivity contribution in [1.29, 1.82) is 0 Å². The second-order valence-electron chi connectivity index (χ2n) is 6.15. The molecule has 0 aliphatic rings. The number of fused-ring (bicyclic) bond motifs is 2. The Bertz CT molecular complexity index is 1240. The van der Waals surface area contributed by atoms with Gasteiger partial charge in [0.15, 0.2) is 11.6 Å². The first-order valence-electron chi connectivity index (χ1n) is 8.38. The van der Waals surface area contributed by atoms with Gasteiger partial charge in [-0.15, -0.1) is 0 Å². The molecule has 4 rings (SSSR count). The molecule has 150 valence electrons. The third-order valence-corrected chi connectivity index (χ3v) is 4.35. The van der Waals surface area contributed by atoms with Crippen LogP contribution < -0.4 is 11.1 Å². The molecule has 0 amide bonds. The molecule has 2 heterocycles. The van der Waals surface area contributed by atoms with Crippen LogP contribution in [0.15, 0.2) is 36.4 Å². The number of aryl methyl sites for hydroxylation is 2. The first-order valence-corrected chi connectivity index (χ1v) is 8.38. The molecule has 2 aromatic carbocycles. The lowest BCUT2D eigenvalue weighted by atomic mass is 10.2. The maximum absolute atomic E-state index is 10.6. The number of nitrogens with two attached hydrogens (primary N) is 1. The number of anilines is 2. The number of nitrogens with one attached hydrogen (secondary N) is 1. The summed E-state index contributed by atoms with van der Waals surface area (Å²) in [5.74, 6) is 0.961. The summed E-state index contributed by atoms with van der Waals surface area (Å²) in [6.45, 7) is 0. The van der Waals surface area contributed by atoms with Crippen molar-refractivity contribution in [2.24, 2.45) is 14.1 Å². The van der Waals surface area contributed by atoms with Gasteiger partial charge in [0.2, 0.25) is 0 Å². The van der Waals surface area contributed by atoms with Crippen LogP contribution in [0.3, 0.4) is 0 Å². The van der Waals surface area contributed by atoms with E-state index >= 15 is 0 Å². The molecule has 0 fully saturated rings. The zero-order chi connectivity index (χ0) is 21.3. The van der Waals surface area contributed by atoms with Gasteiger partial charge in [-0.2, -0.15) is 10.2 Å². The number of nitrogens with zero attached hydrogens (tertiary/aromatic N) is 6. The Morgan fingerprint density at radius 1 is 0.897 bits per heavy atom. The molecule has 12 nitrogen and oxygen atoms in total. The molecule has 29 heavy (non-hydrogen) atoms. The maximum Gasteiger partial charge on any atom is 0.270 e. The molecule has 0 radical (unpaired) electrons. The quantitative estimate of drug-likeness (QED) is 0.393. The van der Waals surface area contributed by atoms with Crippen LogP contribution in [-0.4, -0.2) is 36.5 Å². The van der Waals surface area contributed by atoms with Gasteiger partial charge < -0.3 is 11.1 Å². The molecule has 0 spiro atoms. The molecule has 12 heteroatoms. The molecule has 3 N–H and O–H groups in total. The van der Waals surface area contributed by atoms with Gasteiger partial charge in [-0.3, -0.25) is 29.6 Å². The minimum absolute atomic E-state index is 0.0252. The second kappa shape index (κ2) is 7.42. The predicted octanol–water partition coefficient (Wildman–Crippen LogP) is 2.59. The SMILES string of the molecule is CNc1nn(C)c2ccc([N+](=O)[O-])cc12.Cn1nc(N)c2cc([N+](=O)[O-])ccc21. The summed E-state index contributed by atoms with van der Waals surface area (Å²) in [5.41, 5.74) is 7.34. The lowest BCUT2D eigenvalue weighted by Gasteiger charge is -1.94. The highest BCUT2D eigenvalue weighted by molar-refractivity contribution is 5.92. The molecular weight excluding hydrogens is 380 g/mol. The molecule has 0 saturated carbocycles. The predicted molar refractivity (Wildman–Crippen MR) is 109 cm³/mol. The minimum atomic E-state index is -0.453. The lowest BCUT2D eigenvalue weighted by molar-refractivity contribution is -0.384. The number of rotatable bonds is 3. The van der Waals surface area contributed by atoms with E-state index in [0.29, 0.717) is 17.0 Å². The molecule has 0 unspecified atom stereocenters. The monoisotopic (exact) mass is 398 g/mol. The summed E-state index contributed by atoms with van der Waals surface area (Å²) in [6, 6.07) is 9.19. The summed E-state index contributed by atoms with van der Waals surface area (Å²) in [7, 11) is 5.28.